The molecule has 1 atom stereocenters. The first-order chi connectivity index (χ1) is 10.7. The molecular weight excluding hydrogens is 280 g/mol. The van der Waals surface area contributed by atoms with Gasteiger partial charge in [-0.1, -0.05) is 0 Å². The molecule has 2 fully saturated rings. The third-order valence-corrected chi connectivity index (χ3v) is 4.83. The van der Waals surface area contributed by atoms with Gasteiger partial charge >= 0.3 is 0 Å². The third-order valence-electron chi connectivity index (χ3n) is 4.83. The Kier molecular flexibility index (Phi) is 4.57. The van der Waals surface area contributed by atoms with Gasteiger partial charge in [0.1, 0.15) is 0 Å². The number of hydrogen-bond donors (Lipinski definition) is 1. The first-order valence-electron chi connectivity index (χ1n) is 8.13. The second-order valence-electron chi connectivity index (χ2n) is 6.47. The molecule has 120 valence electrons. The smallest absolute Gasteiger partial charge is 0.225 e. The van der Waals surface area contributed by atoms with Crippen molar-refractivity contribution in [1.82, 2.24) is 14.9 Å². The molecule has 2 aliphatic rings. The SMILES string of the molecule is O=C1CCC2(CCCN(c3ncccn3)C2)CN1CCCO. The summed E-state index contributed by atoms with van der Waals surface area (Å²) in [5.74, 6) is 1.02. The molecule has 0 saturated carbocycles. The highest BCUT2D eigenvalue weighted by molar-refractivity contribution is 5.77. The highest BCUT2D eigenvalue weighted by Crippen LogP contribution is 2.39. The van der Waals surface area contributed by atoms with Crippen molar-refractivity contribution in [2.75, 3.05) is 37.7 Å². The maximum absolute atomic E-state index is 12.1. The van der Waals surface area contributed by atoms with E-state index in [1.165, 1.54) is 0 Å². The number of hydrogen-bond acceptors (Lipinski definition) is 5. The largest absolute Gasteiger partial charge is 0.396 e. The maximum atomic E-state index is 12.1. The Morgan fingerprint density at radius 1 is 1.23 bits per heavy atom. The van der Waals surface area contributed by atoms with Gasteiger partial charge in [0.05, 0.1) is 0 Å². The minimum atomic E-state index is 0.140. The van der Waals surface area contributed by atoms with Crippen LogP contribution < -0.4 is 4.90 Å². The van der Waals surface area contributed by atoms with E-state index in [0.717, 1.165) is 44.8 Å². The molecule has 3 rings (SSSR count). The summed E-state index contributed by atoms with van der Waals surface area (Å²) >= 11 is 0. The Hall–Kier alpha value is -1.69. The van der Waals surface area contributed by atoms with E-state index >= 15 is 0 Å². The van der Waals surface area contributed by atoms with Crippen molar-refractivity contribution in [3.05, 3.63) is 18.5 Å². The molecular formula is C16H24N4O2. The predicted molar refractivity (Wildman–Crippen MR) is 83.4 cm³/mol. The molecule has 2 aliphatic heterocycles. The number of rotatable bonds is 4. The fraction of sp³-hybridized carbons (Fsp3) is 0.688. The van der Waals surface area contributed by atoms with Gasteiger partial charge in [0.2, 0.25) is 11.9 Å². The van der Waals surface area contributed by atoms with Gasteiger partial charge in [0.25, 0.3) is 0 Å². The number of amides is 1. The molecule has 0 aliphatic carbocycles. The zero-order valence-corrected chi connectivity index (χ0v) is 12.9. The van der Waals surface area contributed by atoms with Crippen LogP contribution in [0.2, 0.25) is 0 Å². The predicted octanol–water partition coefficient (Wildman–Crippen LogP) is 1.07. The highest BCUT2D eigenvalue weighted by atomic mass is 16.3. The first kappa shape index (κ1) is 15.2. The van der Waals surface area contributed by atoms with Crippen molar-refractivity contribution in [3.8, 4) is 0 Å². The molecule has 6 heteroatoms. The monoisotopic (exact) mass is 304 g/mol. The first-order valence-corrected chi connectivity index (χ1v) is 8.13. The van der Waals surface area contributed by atoms with Crippen molar-refractivity contribution in [3.63, 3.8) is 0 Å². The summed E-state index contributed by atoms with van der Waals surface area (Å²) < 4.78 is 0. The van der Waals surface area contributed by atoms with E-state index in [-0.39, 0.29) is 17.9 Å². The lowest BCUT2D eigenvalue weighted by molar-refractivity contribution is -0.138. The Morgan fingerprint density at radius 2 is 2.05 bits per heavy atom. The van der Waals surface area contributed by atoms with Crippen LogP contribution in [0.25, 0.3) is 0 Å². The molecule has 2 saturated heterocycles. The summed E-state index contributed by atoms with van der Waals surface area (Å²) in [6, 6.07) is 1.83. The van der Waals surface area contributed by atoms with Crippen LogP contribution >= 0.6 is 0 Å². The molecule has 1 unspecified atom stereocenters. The van der Waals surface area contributed by atoms with E-state index in [4.69, 9.17) is 5.11 Å². The minimum Gasteiger partial charge on any atom is -0.396 e. The Balaban J connectivity index is 1.71. The summed E-state index contributed by atoms with van der Waals surface area (Å²) in [5.41, 5.74) is 0.154. The molecule has 1 N–H and O–H groups in total. The van der Waals surface area contributed by atoms with Gasteiger partial charge in [0, 0.05) is 57.0 Å². The van der Waals surface area contributed by atoms with Crippen LogP contribution in [0.15, 0.2) is 18.5 Å². The van der Waals surface area contributed by atoms with Crippen molar-refractivity contribution in [1.29, 1.82) is 0 Å². The highest BCUT2D eigenvalue weighted by Gasteiger charge is 2.42. The molecule has 0 bridgehead atoms. The summed E-state index contributed by atoms with van der Waals surface area (Å²) in [4.78, 5) is 25.0. The molecule has 1 amide bonds. The van der Waals surface area contributed by atoms with Gasteiger partial charge in [-0.15, -0.1) is 0 Å². The average molecular weight is 304 g/mol. The Morgan fingerprint density at radius 3 is 2.82 bits per heavy atom. The second kappa shape index (κ2) is 6.60. The van der Waals surface area contributed by atoms with Crippen molar-refractivity contribution < 1.29 is 9.90 Å². The van der Waals surface area contributed by atoms with Gasteiger partial charge in [-0.05, 0) is 31.7 Å². The van der Waals surface area contributed by atoms with Crippen molar-refractivity contribution >= 4 is 11.9 Å². The molecule has 1 aromatic heterocycles. The van der Waals surface area contributed by atoms with Crippen LogP contribution in [0.3, 0.4) is 0 Å². The van der Waals surface area contributed by atoms with Crippen LogP contribution in [0.5, 0.6) is 0 Å². The van der Waals surface area contributed by atoms with Crippen LogP contribution in [0.1, 0.15) is 32.1 Å². The van der Waals surface area contributed by atoms with E-state index in [9.17, 15) is 4.79 Å². The number of likely N-dealkylation sites (tertiary alicyclic amines) is 1. The van der Waals surface area contributed by atoms with Crippen LogP contribution in [0, 0.1) is 5.41 Å². The van der Waals surface area contributed by atoms with E-state index < -0.39 is 0 Å². The van der Waals surface area contributed by atoms with Crippen molar-refractivity contribution in [2.45, 2.75) is 32.1 Å². The summed E-state index contributed by atoms with van der Waals surface area (Å²) in [7, 11) is 0. The molecule has 22 heavy (non-hydrogen) atoms. The second-order valence-corrected chi connectivity index (χ2v) is 6.47. The average Bonchev–Trinajstić information content (AvgIpc) is 2.57. The fourth-order valence-electron chi connectivity index (χ4n) is 3.73. The molecule has 1 aromatic rings. The number of aliphatic hydroxyl groups is 1. The lowest BCUT2D eigenvalue weighted by Gasteiger charge is -2.48. The fourth-order valence-corrected chi connectivity index (χ4v) is 3.73. The van der Waals surface area contributed by atoms with E-state index in [1.807, 2.05) is 11.0 Å². The quantitative estimate of drug-likeness (QED) is 0.901. The third kappa shape index (κ3) is 3.21. The lowest BCUT2D eigenvalue weighted by atomic mass is 9.73. The van der Waals surface area contributed by atoms with Gasteiger partial charge < -0.3 is 14.9 Å². The normalized spacial score (nSPS) is 25.8. The molecule has 6 nitrogen and oxygen atoms in total. The van der Waals surface area contributed by atoms with Crippen LogP contribution in [-0.2, 0) is 4.79 Å². The minimum absolute atomic E-state index is 0.140. The van der Waals surface area contributed by atoms with Gasteiger partial charge in [-0.3, -0.25) is 4.79 Å². The standard InChI is InChI=1S/C16H24N4O2/c21-11-3-10-19-12-16(6-4-14(19)22)5-1-9-20(13-16)15-17-7-2-8-18-15/h2,7-8,21H,1,3-6,9-13H2. The summed E-state index contributed by atoms with van der Waals surface area (Å²) in [5, 5.41) is 9.01. The van der Waals surface area contributed by atoms with E-state index in [1.54, 1.807) is 12.4 Å². The summed E-state index contributed by atoms with van der Waals surface area (Å²) in [6.07, 6.45) is 8.05. The maximum Gasteiger partial charge on any atom is 0.225 e. The number of piperidine rings is 2. The Bertz CT molecular complexity index is 510. The number of anilines is 1. The number of carbonyl (C=O) groups excluding carboxylic acids is 1. The Labute approximate surface area is 131 Å². The van der Waals surface area contributed by atoms with E-state index in [0.29, 0.717) is 19.4 Å². The molecule has 1 spiro atoms. The number of carbonyl (C=O) groups is 1. The topological polar surface area (TPSA) is 69.6 Å². The number of aromatic nitrogens is 2. The van der Waals surface area contributed by atoms with Crippen LogP contribution in [0.4, 0.5) is 5.95 Å². The summed E-state index contributed by atoms with van der Waals surface area (Å²) in [6.45, 7) is 3.51. The van der Waals surface area contributed by atoms with Crippen molar-refractivity contribution in [2.24, 2.45) is 5.41 Å². The lowest BCUT2D eigenvalue weighted by Crippen LogP contribution is -2.54. The zero-order valence-electron chi connectivity index (χ0n) is 12.9. The van der Waals surface area contributed by atoms with Crippen LogP contribution in [-0.4, -0.2) is 58.7 Å². The zero-order chi connectivity index (χ0) is 15.4. The number of aliphatic hydroxyl groups excluding tert-OH is 1. The van der Waals surface area contributed by atoms with Gasteiger partial charge in [-0.2, -0.15) is 0 Å². The molecule has 3 heterocycles. The molecule has 0 radical (unpaired) electrons. The number of nitrogens with zero attached hydrogens (tertiary/aromatic N) is 4. The van der Waals surface area contributed by atoms with Gasteiger partial charge in [-0.25, -0.2) is 9.97 Å². The van der Waals surface area contributed by atoms with E-state index in [2.05, 4.69) is 14.9 Å². The molecule has 0 aromatic carbocycles. The van der Waals surface area contributed by atoms with Gasteiger partial charge in [0.15, 0.2) is 0 Å².